The maximum atomic E-state index is 11.7. The fraction of sp³-hybridized carbons (Fsp3) is 0.467. The molecule has 1 aromatic carbocycles. The van der Waals surface area contributed by atoms with Crippen molar-refractivity contribution in [2.75, 3.05) is 7.11 Å². The predicted molar refractivity (Wildman–Crippen MR) is 73.4 cm³/mol. The molecule has 0 bridgehead atoms. The molecule has 0 aromatic heterocycles. The van der Waals surface area contributed by atoms with E-state index in [1.807, 2.05) is 0 Å². The lowest BCUT2D eigenvalue weighted by Gasteiger charge is -2.13. The monoisotopic (exact) mass is 277 g/mol. The van der Waals surface area contributed by atoms with Crippen LogP contribution in [0.15, 0.2) is 24.3 Å². The first-order valence-electron chi connectivity index (χ1n) is 6.71. The summed E-state index contributed by atoms with van der Waals surface area (Å²) in [4.78, 5) is 23.4. The molecule has 108 valence electrons. The number of esters is 1. The molecule has 1 aliphatic rings. The van der Waals surface area contributed by atoms with E-state index in [-0.39, 0.29) is 18.4 Å². The highest BCUT2D eigenvalue weighted by molar-refractivity contribution is 5.84. The minimum absolute atomic E-state index is 0.144. The Morgan fingerprint density at radius 2 is 1.95 bits per heavy atom. The molecule has 1 amide bonds. The van der Waals surface area contributed by atoms with E-state index in [1.165, 1.54) is 0 Å². The highest BCUT2D eigenvalue weighted by Crippen LogP contribution is 2.19. The normalized spacial score (nSPS) is 15.3. The molecule has 1 aromatic rings. The summed E-state index contributed by atoms with van der Waals surface area (Å²) < 4.78 is 10.2. The Balaban J connectivity index is 1.79. The number of carbonyl (C=O) groups is 2. The Bertz CT molecular complexity index is 479. The van der Waals surface area contributed by atoms with Crippen molar-refractivity contribution >= 4 is 11.9 Å². The van der Waals surface area contributed by atoms with Crippen LogP contribution in [0.1, 0.15) is 25.3 Å². The number of hydrogen-bond donors (Lipinski definition) is 1. The number of ether oxygens (including phenoxy) is 2. The second-order valence-electron chi connectivity index (χ2n) is 4.94. The largest absolute Gasteiger partial charge is 0.497 e. The summed E-state index contributed by atoms with van der Waals surface area (Å²) >= 11 is 0. The highest BCUT2D eigenvalue weighted by Gasteiger charge is 2.27. The van der Waals surface area contributed by atoms with Gasteiger partial charge < -0.3 is 14.8 Å². The smallest absolute Gasteiger partial charge is 0.311 e. The van der Waals surface area contributed by atoms with E-state index in [0.717, 1.165) is 24.2 Å². The lowest BCUT2D eigenvalue weighted by Crippen LogP contribution is -2.37. The van der Waals surface area contributed by atoms with Crippen molar-refractivity contribution in [1.82, 2.24) is 5.32 Å². The predicted octanol–water partition coefficient (Wildman–Crippen LogP) is 1.45. The number of nitrogens with one attached hydrogen (secondary N) is 1. The van der Waals surface area contributed by atoms with Gasteiger partial charge in [-0.2, -0.15) is 0 Å². The number of benzene rings is 1. The van der Waals surface area contributed by atoms with Crippen LogP contribution in [0.5, 0.6) is 5.75 Å². The van der Waals surface area contributed by atoms with Crippen LogP contribution in [-0.2, 0) is 20.7 Å². The second-order valence-corrected chi connectivity index (χ2v) is 4.94. The van der Waals surface area contributed by atoms with Crippen LogP contribution < -0.4 is 10.1 Å². The second kappa shape index (κ2) is 6.41. The molecule has 2 rings (SSSR count). The summed E-state index contributed by atoms with van der Waals surface area (Å²) in [5.41, 5.74) is 0.825. The Morgan fingerprint density at radius 3 is 2.50 bits per heavy atom. The molecule has 5 nitrogen and oxygen atoms in total. The molecular formula is C15H19NO4. The molecule has 5 heteroatoms. The Morgan fingerprint density at radius 1 is 1.30 bits per heavy atom. The van der Waals surface area contributed by atoms with Gasteiger partial charge in [-0.3, -0.25) is 9.59 Å². The third-order valence-corrected chi connectivity index (χ3v) is 3.11. The lowest BCUT2D eigenvalue weighted by molar-refractivity contribution is -0.154. The molecule has 1 atom stereocenters. The number of rotatable bonds is 6. The van der Waals surface area contributed by atoms with E-state index >= 15 is 0 Å². The molecule has 1 fully saturated rings. The maximum Gasteiger partial charge on any atom is 0.311 e. The highest BCUT2D eigenvalue weighted by atomic mass is 16.5. The summed E-state index contributed by atoms with van der Waals surface area (Å²) in [6.45, 7) is 1.59. The van der Waals surface area contributed by atoms with Crippen LogP contribution in [0.4, 0.5) is 0 Å². The SMILES string of the molecule is COc1ccc(CC(=O)O[C@H](C)C(=O)NC2CC2)cc1. The average molecular weight is 277 g/mol. The first-order valence-corrected chi connectivity index (χ1v) is 6.71. The third-order valence-electron chi connectivity index (χ3n) is 3.11. The van der Waals surface area contributed by atoms with Crippen molar-refractivity contribution < 1.29 is 19.1 Å². The molecule has 1 aliphatic carbocycles. The molecule has 0 spiro atoms. The minimum Gasteiger partial charge on any atom is -0.497 e. The first kappa shape index (κ1) is 14.4. The van der Waals surface area contributed by atoms with E-state index < -0.39 is 12.1 Å². The lowest BCUT2D eigenvalue weighted by atomic mass is 10.1. The average Bonchev–Trinajstić information content (AvgIpc) is 3.23. The summed E-state index contributed by atoms with van der Waals surface area (Å²) in [6, 6.07) is 7.44. The summed E-state index contributed by atoms with van der Waals surface area (Å²) in [5, 5.41) is 2.81. The van der Waals surface area contributed by atoms with E-state index in [1.54, 1.807) is 38.3 Å². The van der Waals surface area contributed by atoms with Crippen molar-refractivity contribution in [3.8, 4) is 5.75 Å². The molecule has 0 aliphatic heterocycles. The molecule has 0 saturated heterocycles. The van der Waals surface area contributed by atoms with Crippen LogP contribution >= 0.6 is 0 Å². The number of hydrogen-bond acceptors (Lipinski definition) is 4. The van der Waals surface area contributed by atoms with Gasteiger partial charge in [0, 0.05) is 6.04 Å². The molecular weight excluding hydrogens is 258 g/mol. The summed E-state index contributed by atoms with van der Waals surface area (Å²) in [5.74, 6) is 0.100. The molecule has 1 saturated carbocycles. The number of amides is 1. The van der Waals surface area contributed by atoms with Gasteiger partial charge in [-0.1, -0.05) is 12.1 Å². The van der Waals surface area contributed by atoms with Gasteiger partial charge in [-0.25, -0.2) is 0 Å². The molecule has 0 heterocycles. The molecule has 20 heavy (non-hydrogen) atoms. The summed E-state index contributed by atoms with van der Waals surface area (Å²) in [6.07, 6.45) is 1.42. The van der Waals surface area contributed by atoms with Crippen molar-refractivity contribution in [3.63, 3.8) is 0 Å². The van der Waals surface area contributed by atoms with Crippen molar-refractivity contribution in [1.29, 1.82) is 0 Å². The van der Waals surface area contributed by atoms with Gasteiger partial charge in [-0.15, -0.1) is 0 Å². The van der Waals surface area contributed by atoms with Gasteiger partial charge >= 0.3 is 5.97 Å². The van der Waals surface area contributed by atoms with Crippen LogP contribution in [0, 0.1) is 0 Å². The fourth-order valence-corrected chi connectivity index (χ4v) is 1.75. The van der Waals surface area contributed by atoms with Gasteiger partial charge in [0.2, 0.25) is 0 Å². The number of methoxy groups -OCH3 is 1. The van der Waals surface area contributed by atoms with E-state index in [2.05, 4.69) is 5.32 Å². The standard InChI is InChI=1S/C15H19NO4/c1-10(15(18)16-12-5-6-12)20-14(17)9-11-3-7-13(19-2)8-4-11/h3-4,7-8,10,12H,5-6,9H2,1-2H3,(H,16,18)/t10-/m1/s1. The van der Waals surface area contributed by atoms with Gasteiger partial charge in [0.05, 0.1) is 13.5 Å². The van der Waals surface area contributed by atoms with E-state index in [4.69, 9.17) is 9.47 Å². The van der Waals surface area contributed by atoms with E-state index in [0.29, 0.717) is 0 Å². The zero-order chi connectivity index (χ0) is 14.5. The Kier molecular flexibility index (Phi) is 4.61. The van der Waals surface area contributed by atoms with Crippen LogP contribution in [0.25, 0.3) is 0 Å². The summed E-state index contributed by atoms with van der Waals surface area (Å²) in [7, 11) is 1.59. The minimum atomic E-state index is -0.749. The maximum absolute atomic E-state index is 11.7. The fourth-order valence-electron chi connectivity index (χ4n) is 1.75. The zero-order valence-electron chi connectivity index (χ0n) is 11.7. The molecule has 0 radical (unpaired) electrons. The van der Waals surface area contributed by atoms with Gasteiger partial charge in [0.15, 0.2) is 6.10 Å². The van der Waals surface area contributed by atoms with Crippen molar-refractivity contribution in [2.24, 2.45) is 0 Å². The van der Waals surface area contributed by atoms with Gasteiger partial charge in [-0.05, 0) is 37.5 Å². The quantitative estimate of drug-likeness (QED) is 0.799. The zero-order valence-corrected chi connectivity index (χ0v) is 11.7. The molecule has 1 N–H and O–H groups in total. The topological polar surface area (TPSA) is 64.6 Å². The Labute approximate surface area is 118 Å². The van der Waals surface area contributed by atoms with Crippen LogP contribution in [0.3, 0.4) is 0 Å². The van der Waals surface area contributed by atoms with Crippen molar-refractivity contribution in [2.45, 2.75) is 38.3 Å². The Hall–Kier alpha value is -2.04. The van der Waals surface area contributed by atoms with Crippen molar-refractivity contribution in [3.05, 3.63) is 29.8 Å². The molecule has 0 unspecified atom stereocenters. The number of carbonyl (C=O) groups excluding carboxylic acids is 2. The van der Waals surface area contributed by atoms with Gasteiger partial charge in [0.25, 0.3) is 5.91 Å². The van der Waals surface area contributed by atoms with E-state index in [9.17, 15) is 9.59 Å². The van der Waals surface area contributed by atoms with Gasteiger partial charge in [0.1, 0.15) is 5.75 Å². The van der Waals surface area contributed by atoms with Crippen LogP contribution in [0.2, 0.25) is 0 Å². The first-order chi connectivity index (χ1) is 9.58. The third kappa shape index (κ3) is 4.26. The van der Waals surface area contributed by atoms with Crippen LogP contribution in [-0.4, -0.2) is 31.1 Å².